The number of amidine groups is 1. The van der Waals surface area contributed by atoms with Crippen molar-refractivity contribution in [3.05, 3.63) is 70.8 Å². The number of ether oxygens (including phenoxy) is 1. The van der Waals surface area contributed by atoms with Crippen LogP contribution >= 0.6 is 11.8 Å². The van der Waals surface area contributed by atoms with Crippen LogP contribution in [0.5, 0.6) is 0 Å². The zero-order valence-corrected chi connectivity index (χ0v) is 20.1. The predicted octanol–water partition coefficient (Wildman–Crippen LogP) is 5.80. The summed E-state index contributed by atoms with van der Waals surface area (Å²) in [6.07, 6.45) is 2.43. The van der Waals surface area contributed by atoms with Crippen LogP contribution in [0.4, 0.5) is 13.2 Å². The summed E-state index contributed by atoms with van der Waals surface area (Å²) in [6.45, 7) is 3.25. The highest BCUT2D eigenvalue weighted by atomic mass is 32.2. The highest BCUT2D eigenvalue weighted by molar-refractivity contribution is 8.14. The van der Waals surface area contributed by atoms with Crippen LogP contribution in [0.15, 0.2) is 47.5 Å². The first-order chi connectivity index (χ1) is 16.4. The van der Waals surface area contributed by atoms with Crippen molar-refractivity contribution in [2.45, 2.75) is 56.4 Å². The Kier molecular flexibility index (Phi) is 7.67. The van der Waals surface area contributed by atoms with E-state index in [0.717, 1.165) is 30.7 Å². The lowest BCUT2D eigenvalue weighted by Gasteiger charge is -2.49. The van der Waals surface area contributed by atoms with E-state index in [2.05, 4.69) is 5.32 Å². The van der Waals surface area contributed by atoms with Gasteiger partial charge in [0.1, 0.15) is 23.8 Å². The summed E-state index contributed by atoms with van der Waals surface area (Å²) in [5, 5.41) is 2.43. The molecule has 4 nitrogen and oxygen atoms in total. The van der Waals surface area contributed by atoms with Gasteiger partial charge in [0.15, 0.2) is 5.17 Å². The second-order valence-electron chi connectivity index (χ2n) is 8.96. The number of thioether (sulfide) groups is 1. The van der Waals surface area contributed by atoms with Crippen LogP contribution in [0.3, 0.4) is 0 Å². The highest BCUT2D eigenvalue weighted by Gasteiger charge is 2.53. The van der Waals surface area contributed by atoms with Crippen molar-refractivity contribution in [3.63, 3.8) is 0 Å². The molecule has 4 atom stereocenters. The summed E-state index contributed by atoms with van der Waals surface area (Å²) >= 11 is 1.15. The number of nitrogens with one attached hydrogen (secondary N) is 1. The number of rotatable bonds is 6. The third kappa shape index (κ3) is 4.89. The smallest absolute Gasteiger partial charge is 0.257 e. The van der Waals surface area contributed by atoms with Crippen molar-refractivity contribution in [1.29, 1.82) is 0 Å². The van der Waals surface area contributed by atoms with E-state index < -0.39 is 29.1 Å². The molecule has 0 unspecified atom stereocenters. The molecular weight excluding hydrogens is 461 g/mol. The van der Waals surface area contributed by atoms with Crippen molar-refractivity contribution in [3.8, 4) is 0 Å². The average Bonchev–Trinajstić information content (AvgIpc) is 2.84. The van der Waals surface area contributed by atoms with E-state index in [1.807, 2.05) is 13.8 Å². The lowest BCUT2D eigenvalue weighted by molar-refractivity contribution is -0.0558. The molecule has 0 radical (unpaired) electrons. The molecule has 1 fully saturated rings. The summed E-state index contributed by atoms with van der Waals surface area (Å²) in [5.74, 6) is -2.08. The number of fused-ring (bicyclic) bond motifs is 1. The second kappa shape index (κ2) is 10.5. The average molecular weight is 491 g/mol. The molecule has 2 heterocycles. The lowest BCUT2D eigenvalue weighted by Crippen LogP contribution is -2.54. The number of hydrogen-bond donors (Lipinski definition) is 1. The molecule has 1 amide bonds. The van der Waals surface area contributed by atoms with E-state index in [-0.39, 0.29) is 35.3 Å². The van der Waals surface area contributed by atoms with Crippen molar-refractivity contribution in [2.75, 3.05) is 13.3 Å². The van der Waals surface area contributed by atoms with Gasteiger partial charge in [-0.2, -0.15) is 0 Å². The number of alkyl halides is 1. The van der Waals surface area contributed by atoms with Gasteiger partial charge < -0.3 is 10.1 Å². The number of benzene rings is 2. The number of aliphatic imine (C=N–C) groups is 1. The van der Waals surface area contributed by atoms with Crippen LogP contribution in [-0.4, -0.2) is 35.7 Å². The zero-order chi connectivity index (χ0) is 24.3. The largest absolute Gasteiger partial charge is 0.376 e. The van der Waals surface area contributed by atoms with Crippen LogP contribution in [0.1, 0.15) is 54.6 Å². The fourth-order valence-electron chi connectivity index (χ4n) is 4.78. The molecule has 182 valence electrons. The molecule has 2 aliphatic heterocycles. The molecule has 2 aromatic rings. The monoisotopic (exact) mass is 490 g/mol. The molecule has 2 aromatic carbocycles. The molecule has 0 aromatic heterocycles. The Morgan fingerprint density at radius 2 is 2.00 bits per heavy atom. The van der Waals surface area contributed by atoms with Gasteiger partial charge in [-0.1, -0.05) is 43.3 Å². The van der Waals surface area contributed by atoms with Gasteiger partial charge >= 0.3 is 0 Å². The summed E-state index contributed by atoms with van der Waals surface area (Å²) < 4.78 is 50.1. The minimum Gasteiger partial charge on any atom is -0.376 e. The second-order valence-corrected chi connectivity index (χ2v) is 10.2. The summed E-state index contributed by atoms with van der Waals surface area (Å²) in [7, 11) is 0. The Hall–Kier alpha value is -2.32. The maximum atomic E-state index is 15.3. The van der Waals surface area contributed by atoms with Crippen LogP contribution in [-0.2, 0) is 16.7 Å². The van der Waals surface area contributed by atoms with E-state index >= 15 is 4.39 Å². The van der Waals surface area contributed by atoms with Gasteiger partial charge in [-0.3, -0.25) is 4.79 Å². The van der Waals surface area contributed by atoms with Gasteiger partial charge in [-0.25, -0.2) is 18.2 Å². The van der Waals surface area contributed by atoms with Crippen LogP contribution in [0, 0.1) is 17.6 Å². The number of aryl methyl sites for hydroxylation is 1. The first-order valence-corrected chi connectivity index (χ1v) is 12.5. The van der Waals surface area contributed by atoms with E-state index in [0.29, 0.717) is 24.0 Å². The minimum atomic E-state index is -1.26. The normalized spacial score (nSPS) is 26.5. The van der Waals surface area contributed by atoms with Crippen molar-refractivity contribution < 1.29 is 22.7 Å². The number of carbonyl (C=O) groups excluding carboxylic acids is 1. The molecule has 0 bridgehead atoms. The van der Waals surface area contributed by atoms with Crippen LogP contribution < -0.4 is 5.32 Å². The number of amides is 1. The topological polar surface area (TPSA) is 50.7 Å². The fraction of sp³-hybridized carbons (Fsp3) is 0.462. The van der Waals surface area contributed by atoms with E-state index in [1.165, 1.54) is 6.07 Å². The molecule has 4 rings (SSSR count). The molecule has 0 saturated carbocycles. The first-order valence-electron chi connectivity index (χ1n) is 11.7. The van der Waals surface area contributed by atoms with Gasteiger partial charge in [-0.15, -0.1) is 0 Å². The molecule has 0 spiro atoms. The maximum Gasteiger partial charge on any atom is 0.257 e. The number of hydrogen-bond acceptors (Lipinski definition) is 4. The SMILES string of the molecule is CCCCc1cc([C@]23CO[C@@H](C)C[C@H]2[C@@H](CF)SC(NC(=O)c2ccccc2)=N3)c(F)cc1F. The summed E-state index contributed by atoms with van der Waals surface area (Å²) in [4.78, 5) is 17.6. The van der Waals surface area contributed by atoms with Crippen molar-refractivity contribution in [2.24, 2.45) is 10.9 Å². The number of nitrogens with zero attached hydrogens (tertiary/aromatic N) is 1. The molecule has 1 N–H and O–H groups in total. The lowest BCUT2D eigenvalue weighted by atomic mass is 9.72. The predicted molar refractivity (Wildman–Crippen MR) is 129 cm³/mol. The summed E-state index contributed by atoms with van der Waals surface area (Å²) in [6, 6.07) is 11.0. The molecule has 8 heteroatoms. The third-order valence-electron chi connectivity index (χ3n) is 6.61. The third-order valence-corrected chi connectivity index (χ3v) is 7.78. The van der Waals surface area contributed by atoms with Gasteiger partial charge in [0.25, 0.3) is 5.91 Å². The summed E-state index contributed by atoms with van der Waals surface area (Å²) in [5.41, 5.74) is -0.221. The molecule has 2 aliphatic rings. The Balaban J connectivity index is 1.80. The number of unbranched alkanes of at least 4 members (excludes halogenated alkanes) is 1. The zero-order valence-electron chi connectivity index (χ0n) is 19.3. The molecule has 34 heavy (non-hydrogen) atoms. The molecule has 0 aliphatic carbocycles. The van der Waals surface area contributed by atoms with E-state index in [1.54, 1.807) is 30.3 Å². The van der Waals surface area contributed by atoms with Gasteiger partial charge in [-0.05, 0) is 49.9 Å². The van der Waals surface area contributed by atoms with Crippen molar-refractivity contribution in [1.82, 2.24) is 5.32 Å². The fourth-order valence-corrected chi connectivity index (χ4v) is 6.00. The van der Waals surface area contributed by atoms with Crippen LogP contribution in [0.25, 0.3) is 0 Å². The Labute approximate surface area is 202 Å². The van der Waals surface area contributed by atoms with E-state index in [9.17, 15) is 13.6 Å². The van der Waals surface area contributed by atoms with Gasteiger partial charge in [0, 0.05) is 28.4 Å². The molecular formula is C26H29F3N2O2S. The van der Waals surface area contributed by atoms with Gasteiger partial charge in [0.05, 0.1) is 12.7 Å². The minimum absolute atomic E-state index is 0.0242. The number of halogens is 3. The first kappa shape index (κ1) is 24.8. The Bertz CT molecular complexity index is 1070. The van der Waals surface area contributed by atoms with Crippen LogP contribution in [0.2, 0.25) is 0 Å². The Morgan fingerprint density at radius 3 is 2.71 bits per heavy atom. The van der Waals surface area contributed by atoms with Crippen molar-refractivity contribution >= 4 is 22.8 Å². The maximum absolute atomic E-state index is 15.3. The standard InChI is InChI=1S/C26H29F3N2O2S/c1-3-4-8-18-12-19(22(29)13-21(18)28)26-15-33-16(2)11-20(26)23(14-27)34-25(31-26)30-24(32)17-9-6-5-7-10-17/h5-7,9-10,12-13,16,20,23H,3-4,8,11,14-15H2,1-2H3,(H,30,31,32)/t16-,20-,23+,26+/m0/s1. The molecule has 1 saturated heterocycles. The van der Waals surface area contributed by atoms with Gasteiger partial charge in [0.2, 0.25) is 0 Å². The van der Waals surface area contributed by atoms with E-state index in [4.69, 9.17) is 9.73 Å². The Morgan fingerprint density at radius 1 is 1.24 bits per heavy atom. The highest BCUT2D eigenvalue weighted by Crippen LogP contribution is 2.50. The quantitative estimate of drug-likeness (QED) is 0.557. The number of carbonyl (C=O) groups is 1.